The SMILES string of the molecule is CCC(CSC)NC(C)c1cc(C)cc(C)c1. The van der Waals surface area contributed by atoms with Crippen LogP contribution in [-0.4, -0.2) is 18.1 Å². The lowest BCUT2D eigenvalue weighted by atomic mass is 10.0. The fraction of sp³-hybridized carbons (Fsp3) is 0.600. The van der Waals surface area contributed by atoms with Crippen LogP contribution in [0, 0.1) is 13.8 Å². The Hall–Kier alpha value is -0.470. The molecule has 2 atom stereocenters. The first-order valence-electron chi connectivity index (χ1n) is 6.40. The van der Waals surface area contributed by atoms with Gasteiger partial charge in [0.15, 0.2) is 0 Å². The molecule has 1 nitrogen and oxygen atoms in total. The van der Waals surface area contributed by atoms with Crippen molar-refractivity contribution in [1.82, 2.24) is 5.32 Å². The van der Waals surface area contributed by atoms with Crippen molar-refractivity contribution >= 4 is 11.8 Å². The maximum atomic E-state index is 3.72. The summed E-state index contributed by atoms with van der Waals surface area (Å²) in [6.45, 7) is 8.85. The van der Waals surface area contributed by atoms with Crippen LogP contribution in [0.15, 0.2) is 18.2 Å². The van der Waals surface area contributed by atoms with Crippen LogP contribution in [0.4, 0.5) is 0 Å². The summed E-state index contributed by atoms with van der Waals surface area (Å²) in [5.74, 6) is 1.19. The second kappa shape index (κ2) is 7.07. The molecule has 0 radical (unpaired) electrons. The summed E-state index contributed by atoms with van der Waals surface area (Å²) < 4.78 is 0. The molecule has 0 amide bonds. The highest BCUT2D eigenvalue weighted by atomic mass is 32.2. The Morgan fingerprint density at radius 1 is 1.18 bits per heavy atom. The molecule has 0 aliphatic heterocycles. The number of nitrogens with one attached hydrogen (secondary N) is 1. The maximum Gasteiger partial charge on any atom is 0.0294 e. The molecule has 1 N–H and O–H groups in total. The van der Waals surface area contributed by atoms with Gasteiger partial charge in [0.05, 0.1) is 0 Å². The van der Waals surface area contributed by atoms with Crippen molar-refractivity contribution in [3.63, 3.8) is 0 Å². The molecule has 0 heterocycles. The summed E-state index contributed by atoms with van der Waals surface area (Å²) in [7, 11) is 0. The van der Waals surface area contributed by atoms with Crippen LogP contribution >= 0.6 is 11.8 Å². The Bertz CT molecular complexity index is 329. The number of benzene rings is 1. The number of thioether (sulfide) groups is 1. The van der Waals surface area contributed by atoms with Crippen LogP contribution in [0.25, 0.3) is 0 Å². The number of hydrogen-bond donors (Lipinski definition) is 1. The van der Waals surface area contributed by atoms with Gasteiger partial charge in [0.25, 0.3) is 0 Å². The second-order valence-corrected chi connectivity index (χ2v) is 5.78. The highest BCUT2D eigenvalue weighted by Gasteiger charge is 2.11. The third kappa shape index (κ3) is 4.72. The summed E-state index contributed by atoms with van der Waals surface area (Å²) in [5.41, 5.74) is 4.11. The molecule has 0 aliphatic rings. The summed E-state index contributed by atoms with van der Waals surface area (Å²) in [4.78, 5) is 0. The van der Waals surface area contributed by atoms with Gasteiger partial charge in [0.2, 0.25) is 0 Å². The molecule has 0 saturated heterocycles. The van der Waals surface area contributed by atoms with E-state index in [1.165, 1.54) is 28.9 Å². The van der Waals surface area contributed by atoms with Crippen LogP contribution in [0.1, 0.15) is 43.0 Å². The van der Waals surface area contributed by atoms with Crippen molar-refractivity contribution in [2.24, 2.45) is 0 Å². The molecule has 0 aliphatic carbocycles. The topological polar surface area (TPSA) is 12.0 Å². The van der Waals surface area contributed by atoms with Crippen LogP contribution < -0.4 is 5.32 Å². The predicted octanol–water partition coefficient (Wildman–Crippen LogP) is 4.10. The lowest BCUT2D eigenvalue weighted by Crippen LogP contribution is -2.33. The van der Waals surface area contributed by atoms with Crippen LogP contribution in [0.2, 0.25) is 0 Å². The van der Waals surface area contributed by atoms with Gasteiger partial charge in [-0.3, -0.25) is 0 Å². The van der Waals surface area contributed by atoms with E-state index in [-0.39, 0.29) is 0 Å². The molecule has 1 aromatic rings. The first kappa shape index (κ1) is 14.6. The summed E-state index contributed by atoms with van der Waals surface area (Å²) in [6.07, 6.45) is 3.36. The molecule has 0 bridgehead atoms. The molecule has 0 saturated carbocycles. The minimum Gasteiger partial charge on any atom is -0.307 e. The Morgan fingerprint density at radius 2 is 1.76 bits per heavy atom. The minimum atomic E-state index is 0.436. The smallest absolute Gasteiger partial charge is 0.0294 e. The van der Waals surface area contributed by atoms with Gasteiger partial charge in [-0.1, -0.05) is 36.2 Å². The van der Waals surface area contributed by atoms with Gasteiger partial charge in [-0.2, -0.15) is 11.8 Å². The molecule has 0 spiro atoms. The van der Waals surface area contributed by atoms with Gasteiger partial charge in [0, 0.05) is 17.8 Å². The van der Waals surface area contributed by atoms with Crippen molar-refractivity contribution in [2.45, 2.75) is 46.2 Å². The first-order valence-corrected chi connectivity index (χ1v) is 7.79. The summed E-state index contributed by atoms with van der Waals surface area (Å²) in [6, 6.07) is 7.86. The van der Waals surface area contributed by atoms with Crippen molar-refractivity contribution in [3.8, 4) is 0 Å². The van der Waals surface area contributed by atoms with Crippen LogP contribution in [0.3, 0.4) is 0 Å². The molecule has 96 valence electrons. The van der Waals surface area contributed by atoms with E-state index in [2.05, 4.69) is 57.5 Å². The average molecular weight is 251 g/mol. The Labute approximate surface area is 110 Å². The zero-order valence-corrected chi connectivity index (χ0v) is 12.5. The lowest BCUT2D eigenvalue weighted by molar-refractivity contribution is 0.474. The minimum absolute atomic E-state index is 0.436. The second-order valence-electron chi connectivity index (χ2n) is 4.87. The quantitative estimate of drug-likeness (QED) is 0.817. The molecular weight excluding hydrogens is 226 g/mol. The zero-order valence-electron chi connectivity index (χ0n) is 11.7. The van der Waals surface area contributed by atoms with Crippen LogP contribution in [-0.2, 0) is 0 Å². The standard InChI is InChI=1S/C15H25NS/c1-6-15(10-17-5)16-13(4)14-8-11(2)7-12(3)9-14/h7-9,13,15-16H,6,10H2,1-5H3. The highest BCUT2D eigenvalue weighted by Crippen LogP contribution is 2.18. The highest BCUT2D eigenvalue weighted by molar-refractivity contribution is 7.98. The van der Waals surface area contributed by atoms with Gasteiger partial charge in [-0.15, -0.1) is 0 Å². The van der Waals surface area contributed by atoms with Crippen molar-refractivity contribution < 1.29 is 0 Å². The lowest BCUT2D eigenvalue weighted by Gasteiger charge is -2.22. The van der Waals surface area contributed by atoms with E-state index in [1.807, 2.05) is 11.8 Å². The van der Waals surface area contributed by atoms with Crippen molar-refractivity contribution in [2.75, 3.05) is 12.0 Å². The van der Waals surface area contributed by atoms with E-state index in [9.17, 15) is 0 Å². The molecule has 2 heteroatoms. The maximum absolute atomic E-state index is 3.72. The zero-order chi connectivity index (χ0) is 12.8. The van der Waals surface area contributed by atoms with E-state index in [0.29, 0.717) is 12.1 Å². The Kier molecular flexibility index (Phi) is 6.07. The monoisotopic (exact) mass is 251 g/mol. The number of hydrogen-bond acceptors (Lipinski definition) is 2. The molecule has 2 unspecified atom stereocenters. The van der Waals surface area contributed by atoms with Gasteiger partial charge in [0.1, 0.15) is 0 Å². The fourth-order valence-electron chi connectivity index (χ4n) is 2.19. The third-order valence-electron chi connectivity index (χ3n) is 3.09. The fourth-order valence-corrected chi connectivity index (χ4v) is 2.93. The summed E-state index contributed by atoms with van der Waals surface area (Å²) in [5, 5.41) is 3.72. The predicted molar refractivity (Wildman–Crippen MR) is 79.9 cm³/mol. The summed E-state index contributed by atoms with van der Waals surface area (Å²) >= 11 is 1.92. The molecule has 17 heavy (non-hydrogen) atoms. The molecule has 0 aromatic heterocycles. The van der Waals surface area contributed by atoms with E-state index in [1.54, 1.807) is 0 Å². The molecule has 0 fully saturated rings. The molecule has 1 aromatic carbocycles. The third-order valence-corrected chi connectivity index (χ3v) is 3.83. The van der Waals surface area contributed by atoms with E-state index in [4.69, 9.17) is 0 Å². The van der Waals surface area contributed by atoms with Gasteiger partial charge >= 0.3 is 0 Å². The van der Waals surface area contributed by atoms with Gasteiger partial charge in [-0.05, 0) is 39.0 Å². The van der Waals surface area contributed by atoms with Gasteiger partial charge < -0.3 is 5.32 Å². The normalized spacial score (nSPS) is 14.6. The number of aryl methyl sites for hydroxylation is 2. The van der Waals surface area contributed by atoms with Crippen LogP contribution in [0.5, 0.6) is 0 Å². The molecular formula is C15H25NS. The first-order chi connectivity index (χ1) is 8.06. The van der Waals surface area contributed by atoms with Gasteiger partial charge in [-0.25, -0.2) is 0 Å². The number of rotatable bonds is 6. The van der Waals surface area contributed by atoms with E-state index >= 15 is 0 Å². The molecule has 1 rings (SSSR count). The Balaban J connectivity index is 2.71. The largest absolute Gasteiger partial charge is 0.307 e. The van der Waals surface area contributed by atoms with E-state index in [0.717, 1.165) is 0 Å². The Morgan fingerprint density at radius 3 is 2.24 bits per heavy atom. The average Bonchev–Trinajstić information content (AvgIpc) is 2.27. The van der Waals surface area contributed by atoms with E-state index < -0.39 is 0 Å². The van der Waals surface area contributed by atoms with Crippen molar-refractivity contribution in [3.05, 3.63) is 34.9 Å². The van der Waals surface area contributed by atoms with Crippen molar-refractivity contribution in [1.29, 1.82) is 0 Å².